The monoisotopic (exact) mass is 460 g/mol. The van der Waals surface area contributed by atoms with Crippen LogP contribution in [0.4, 0.5) is 0 Å². The summed E-state index contributed by atoms with van der Waals surface area (Å²) in [6.07, 6.45) is 9.79. The fourth-order valence-electron chi connectivity index (χ4n) is 4.67. The summed E-state index contributed by atoms with van der Waals surface area (Å²) in [5.41, 5.74) is 5.80. The SMILES string of the molecule is Cc1[nH]nc2c1/C=C/c1nn(C3CCCCO3)c3ccc(cc13)-c1cnn(C)c1OCCCO2. The molecule has 1 saturated heterocycles. The van der Waals surface area contributed by atoms with Gasteiger partial charge in [-0.2, -0.15) is 10.2 Å². The number of ether oxygens (including phenoxy) is 3. The van der Waals surface area contributed by atoms with Crippen molar-refractivity contribution in [3.8, 4) is 22.9 Å². The summed E-state index contributed by atoms with van der Waals surface area (Å²) in [6, 6.07) is 6.41. The van der Waals surface area contributed by atoms with E-state index in [0.717, 1.165) is 77.2 Å². The van der Waals surface area contributed by atoms with Crippen molar-refractivity contribution in [1.29, 1.82) is 0 Å². The summed E-state index contributed by atoms with van der Waals surface area (Å²) in [4.78, 5) is 0. The van der Waals surface area contributed by atoms with Gasteiger partial charge >= 0.3 is 0 Å². The van der Waals surface area contributed by atoms with Gasteiger partial charge in [-0.3, -0.25) is 5.10 Å². The molecular formula is C25H28N6O3. The second-order valence-corrected chi connectivity index (χ2v) is 8.82. The van der Waals surface area contributed by atoms with Crippen LogP contribution in [-0.2, 0) is 11.8 Å². The summed E-state index contributed by atoms with van der Waals surface area (Å²) in [6.45, 7) is 3.78. The normalized spacial score (nSPS) is 19.5. The molecule has 34 heavy (non-hydrogen) atoms. The van der Waals surface area contributed by atoms with Gasteiger partial charge in [0.15, 0.2) is 6.23 Å². The predicted octanol–water partition coefficient (Wildman–Crippen LogP) is 4.50. The van der Waals surface area contributed by atoms with E-state index in [1.807, 2.05) is 37.0 Å². The van der Waals surface area contributed by atoms with Crippen molar-refractivity contribution in [3.63, 3.8) is 0 Å². The first-order valence-corrected chi connectivity index (χ1v) is 11.8. The van der Waals surface area contributed by atoms with Gasteiger partial charge in [0.1, 0.15) is 0 Å². The van der Waals surface area contributed by atoms with Gasteiger partial charge in [-0.05, 0) is 56.0 Å². The first-order chi connectivity index (χ1) is 16.7. The second kappa shape index (κ2) is 8.64. The Balaban J connectivity index is 1.53. The molecule has 0 aliphatic carbocycles. The van der Waals surface area contributed by atoms with E-state index in [4.69, 9.17) is 19.3 Å². The number of H-pyrrole nitrogens is 1. The molecule has 1 aromatic carbocycles. The van der Waals surface area contributed by atoms with Gasteiger partial charge in [0.25, 0.3) is 0 Å². The van der Waals surface area contributed by atoms with Gasteiger partial charge in [-0.15, -0.1) is 5.10 Å². The third kappa shape index (κ3) is 3.66. The zero-order valence-electron chi connectivity index (χ0n) is 19.5. The highest BCUT2D eigenvalue weighted by molar-refractivity contribution is 5.93. The van der Waals surface area contributed by atoms with Crippen molar-refractivity contribution in [2.75, 3.05) is 19.8 Å². The molecule has 5 heterocycles. The largest absolute Gasteiger partial charge is 0.477 e. The molecule has 9 nitrogen and oxygen atoms in total. The van der Waals surface area contributed by atoms with Crippen LogP contribution in [0.1, 0.15) is 48.9 Å². The van der Waals surface area contributed by atoms with Crippen molar-refractivity contribution < 1.29 is 14.2 Å². The average molecular weight is 461 g/mol. The van der Waals surface area contributed by atoms with E-state index in [2.05, 4.69) is 33.5 Å². The molecule has 1 atom stereocenters. The highest BCUT2D eigenvalue weighted by atomic mass is 16.5. The van der Waals surface area contributed by atoms with E-state index in [1.165, 1.54) is 0 Å². The number of aromatic amines is 1. The summed E-state index contributed by atoms with van der Waals surface area (Å²) in [5, 5.41) is 17.9. The van der Waals surface area contributed by atoms with Gasteiger partial charge in [0, 0.05) is 31.2 Å². The molecule has 0 saturated carbocycles. The van der Waals surface area contributed by atoms with Crippen LogP contribution >= 0.6 is 0 Å². The van der Waals surface area contributed by atoms with E-state index < -0.39 is 0 Å². The molecule has 0 radical (unpaired) electrons. The second-order valence-electron chi connectivity index (χ2n) is 8.82. The molecule has 0 spiro atoms. The number of fused-ring (bicyclic) bond motifs is 4. The Morgan fingerprint density at radius 1 is 1.06 bits per heavy atom. The first-order valence-electron chi connectivity index (χ1n) is 11.8. The molecule has 2 bridgehead atoms. The van der Waals surface area contributed by atoms with Gasteiger partial charge < -0.3 is 14.2 Å². The predicted molar refractivity (Wildman–Crippen MR) is 129 cm³/mol. The third-order valence-corrected chi connectivity index (χ3v) is 6.49. The van der Waals surface area contributed by atoms with Crippen molar-refractivity contribution in [3.05, 3.63) is 41.3 Å². The molecular weight excluding hydrogens is 432 g/mol. The van der Waals surface area contributed by atoms with Crippen LogP contribution in [0.5, 0.6) is 11.8 Å². The van der Waals surface area contributed by atoms with Crippen LogP contribution in [0.15, 0.2) is 24.4 Å². The Morgan fingerprint density at radius 3 is 2.85 bits per heavy atom. The Labute approximate surface area is 197 Å². The Kier molecular flexibility index (Phi) is 5.33. The number of hydrogen-bond donors (Lipinski definition) is 1. The smallest absolute Gasteiger partial charge is 0.240 e. The van der Waals surface area contributed by atoms with Crippen LogP contribution in [0.2, 0.25) is 0 Å². The lowest BCUT2D eigenvalue weighted by Crippen LogP contribution is -2.19. The Morgan fingerprint density at radius 2 is 1.97 bits per heavy atom. The molecule has 9 heteroatoms. The first kappa shape index (κ1) is 21.0. The zero-order chi connectivity index (χ0) is 23.1. The summed E-state index contributed by atoms with van der Waals surface area (Å²) < 4.78 is 22.0. The lowest BCUT2D eigenvalue weighted by atomic mass is 10.0. The third-order valence-electron chi connectivity index (χ3n) is 6.49. The summed E-state index contributed by atoms with van der Waals surface area (Å²) >= 11 is 0. The number of aryl methyl sites for hydroxylation is 2. The molecule has 1 N–H and O–H groups in total. The Hall–Kier alpha value is -3.59. The number of nitrogens with zero attached hydrogens (tertiary/aromatic N) is 5. The molecule has 3 aromatic heterocycles. The van der Waals surface area contributed by atoms with Gasteiger partial charge in [-0.25, -0.2) is 9.36 Å². The van der Waals surface area contributed by atoms with Gasteiger partial charge in [0.05, 0.1) is 41.7 Å². The minimum absolute atomic E-state index is 0.0540. The topological polar surface area (TPSA) is 92.0 Å². The van der Waals surface area contributed by atoms with E-state index in [9.17, 15) is 0 Å². The highest BCUT2D eigenvalue weighted by Gasteiger charge is 2.22. The van der Waals surface area contributed by atoms with Gasteiger partial charge in [0.2, 0.25) is 11.8 Å². The van der Waals surface area contributed by atoms with Gasteiger partial charge in [-0.1, -0.05) is 6.07 Å². The number of nitrogens with one attached hydrogen (secondary N) is 1. The highest BCUT2D eigenvalue weighted by Crippen LogP contribution is 2.35. The molecule has 2 aliphatic heterocycles. The van der Waals surface area contributed by atoms with E-state index >= 15 is 0 Å². The maximum Gasteiger partial charge on any atom is 0.240 e. The van der Waals surface area contributed by atoms with Crippen molar-refractivity contribution in [1.82, 2.24) is 29.8 Å². The molecule has 4 aromatic rings. The number of benzene rings is 1. The molecule has 176 valence electrons. The van der Waals surface area contributed by atoms with Crippen LogP contribution in [-0.4, -0.2) is 49.6 Å². The average Bonchev–Trinajstić information content (AvgIpc) is 3.52. The van der Waals surface area contributed by atoms with Crippen LogP contribution in [0.25, 0.3) is 34.2 Å². The number of hydrogen-bond acceptors (Lipinski definition) is 6. The van der Waals surface area contributed by atoms with Crippen LogP contribution in [0, 0.1) is 6.92 Å². The van der Waals surface area contributed by atoms with E-state index in [0.29, 0.717) is 19.1 Å². The van der Waals surface area contributed by atoms with E-state index in [-0.39, 0.29) is 6.23 Å². The molecule has 2 aliphatic rings. The standard InChI is InChI=1S/C25H28N6O3/c1-16-18-8-9-21-19-14-17(7-10-22(19)31(29-21)23-6-3-4-11-32-23)20-15-26-30(2)25(20)34-13-5-12-33-24(18)28-27-16/h7-10,14-15,23H,3-6,11-13H2,1-2H3,(H,27,28)/b9-8+. The molecule has 1 fully saturated rings. The van der Waals surface area contributed by atoms with Crippen LogP contribution in [0.3, 0.4) is 0 Å². The lowest BCUT2D eigenvalue weighted by Gasteiger charge is -2.23. The summed E-state index contributed by atoms with van der Waals surface area (Å²) in [7, 11) is 1.90. The maximum absolute atomic E-state index is 6.13. The maximum atomic E-state index is 6.13. The molecule has 0 amide bonds. The van der Waals surface area contributed by atoms with Crippen LogP contribution < -0.4 is 9.47 Å². The fraction of sp³-hybridized carbons (Fsp3) is 0.400. The van der Waals surface area contributed by atoms with Crippen molar-refractivity contribution >= 4 is 23.1 Å². The quantitative estimate of drug-likeness (QED) is 0.450. The van der Waals surface area contributed by atoms with Crippen molar-refractivity contribution in [2.24, 2.45) is 7.05 Å². The minimum Gasteiger partial charge on any atom is -0.477 e. The van der Waals surface area contributed by atoms with Crippen molar-refractivity contribution in [2.45, 2.75) is 38.8 Å². The molecule has 6 rings (SSSR count). The summed E-state index contributed by atoms with van der Waals surface area (Å²) in [5.74, 6) is 1.33. The zero-order valence-corrected chi connectivity index (χ0v) is 19.5. The number of rotatable bonds is 1. The Bertz CT molecular complexity index is 1360. The minimum atomic E-state index is -0.0540. The number of aromatic nitrogens is 6. The molecule has 1 unspecified atom stereocenters. The van der Waals surface area contributed by atoms with E-state index in [1.54, 1.807) is 4.68 Å². The lowest BCUT2D eigenvalue weighted by molar-refractivity contribution is -0.0367. The fourth-order valence-corrected chi connectivity index (χ4v) is 4.67.